The van der Waals surface area contributed by atoms with Crippen molar-refractivity contribution in [2.75, 3.05) is 13.7 Å². The lowest BCUT2D eigenvalue weighted by Gasteiger charge is -2.36. The van der Waals surface area contributed by atoms with Crippen molar-refractivity contribution in [1.82, 2.24) is 5.32 Å². The Hall–Kier alpha value is -1.58. The summed E-state index contributed by atoms with van der Waals surface area (Å²) in [6.07, 6.45) is 0.121. The number of fused-ring (bicyclic) bond motifs is 1. The van der Waals surface area contributed by atoms with Crippen molar-refractivity contribution in [2.24, 2.45) is 0 Å². The molecule has 0 radical (unpaired) electrons. The lowest BCUT2D eigenvalue weighted by atomic mass is 10.1. The van der Waals surface area contributed by atoms with Crippen LogP contribution in [-0.2, 0) is 14.9 Å². The van der Waals surface area contributed by atoms with E-state index < -0.39 is 13.9 Å². The number of amides is 1. The van der Waals surface area contributed by atoms with Gasteiger partial charge in [0.05, 0.1) is 18.4 Å². The highest BCUT2D eigenvalue weighted by Gasteiger charge is 2.39. The van der Waals surface area contributed by atoms with E-state index in [1.165, 1.54) is 11.3 Å². The van der Waals surface area contributed by atoms with Crippen LogP contribution < -0.4 is 14.5 Å². The normalized spacial score (nSPS) is 12.5. The number of ether oxygens (including phenoxy) is 2. The van der Waals surface area contributed by atoms with Gasteiger partial charge in [-0.05, 0) is 50.5 Å². The van der Waals surface area contributed by atoms with E-state index in [-0.39, 0.29) is 29.9 Å². The summed E-state index contributed by atoms with van der Waals surface area (Å²) in [6.45, 7) is 16.6. The zero-order valence-electron chi connectivity index (χ0n) is 21.1. The molecule has 6 nitrogen and oxygen atoms in total. The Morgan fingerprint density at radius 2 is 1.73 bits per heavy atom. The van der Waals surface area contributed by atoms with Crippen LogP contribution in [-0.4, -0.2) is 39.4 Å². The van der Waals surface area contributed by atoms with Crippen LogP contribution in [0.2, 0.25) is 18.1 Å². The molecular weight excluding hydrogens is 522 g/mol. The zero-order valence-corrected chi connectivity index (χ0v) is 24.5. The van der Waals surface area contributed by atoms with Crippen molar-refractivity contribution in [1.29, 1.82) is 0 Å². The number of alkyl halides is 1. The molecule has 1 aromatic carbocycles. The van der Waals surface area contributed by atoms with Gasteiger partial charge in [-0.3, -0.25) is 9.59 Å². The first-order valence-corrected chi connectivity index (χ1v) is 15.8. The lowest BCUT2D eigenvalue weighted by molar-refractivity contribution is -0.154. The largest absolute Gasteiger partial charge is 0.541 e. The van der Waals surface area contributed by atoms with E-state index in [2.05, 4.69) is 55.1 Å². The highest BCUT2D eigenvalue weighted by atomic mass is 79.9. The third-order valence-corrected chi connectivity index (χ3v) is 11.7. The van der Waals surface area contributed by atoms with E-state index in [1.54, 1.807) is 7.11 Å². The van der Waals surface area contributed by atoms with Gasteiger partial charge in [-0.1, -0.05) is 36.7 Å². The number of halogens is 1. The van der Waals surface area contributed by atoms with Crippen molar-refractivity contribution in [3.63, 3.8) is 0 Å². The van der Waals surface area contributed by atoms with Gasteiger partial charge >= 0.3 is 5.97 Å². The maximum atomic E-state index is 12.9. The smallest absolute Gasteiger partial charge is 0.308 e. The van der Waals surface area contributed by atoms with Crippen molar-refractivity contribution >= 4 is 57.5 Å². The molecule has 0 fully saturated rings. The minimum Gasteiger partial charge on any atom is -0.541 e. The average Bonchev–Trinajstić information content (AvgIpc) is 3.02. The van der Waals surface area contributed by atoms with Gasteiger partial charge in [0.15, 0.2) is 5.75 Å². The zero-order chi connectivity index (χ0) is 25.2. The Bertz CT molecular complexity index is 1020. The molecule has 9 heteroatoms. The number of carbonyl (C=O) groups excluding carboxylic acids is 2. The Morgan fingerprint density at radius 1 is 1.09 bits per heavy atom. The predicted octanol–water partition coefficient (Wildman–Crippen LogP) is 6.65. The molecule has 0 aliphatic heterocycles. The van der Waals surface area contributed by atoms with Crippen molar-refractivity contribution < 1.29 is 23.5 Å². The van der Waals surface area contributed by atoms with Crippen molar-refractivity contribution in [2.45, 2.75) is 77.0 Å². The van der Waals surface area contributed by atoms with Gasteiger partial charge in [0.1, 0.15) is 11.4 Å². The molecule has 0 saturated carbocycles. The van der Waals surface area contributed by atoms with E-state index in [4.69, 9.17) is 13.9 Å². The van der Waals surface area contributed by atoms with E-state index in [1.807, 2.05) is 32.9 Å². The standard InChI is InChI=1S/C24H36BrNO5SSi/c1-23(2,3)30-20(27)10-11-26-22(28)21-16(14-25)15-12-18(17(29-7)13-19(15)32-21)31-33(8,9)24(4,5)6/h12-13H,10-11,14H2,1-9H3,(H,26,28). The molecule has 0 bridgehead atoms. The van der Waals surface area contributed by atoms with E-state index in [0.717, 1.165) is 15.6 Å². The number of hydrogen-bond donors (Lipinski definition) is 1. The molecule has 2 rings (SSSR count). The van der Waals surface area contributed by atoms with Crippen LogP contribution in [0.15, 0.2) is 12.1 Å². The molecule has 0 saturated heterocycles. The van der Waals surface area contributed by atoms with E-state index in [0.29, 0.717) is 21.7 Å². The van der Waals surface area contributed by atoms with Crippen LogP contribution in [0.1, 0.15) is 63.2 Å². The maximum Gasteiger partial charge on any atom is 0.308 e. The molecule has 1 heterocycles. The molecule has 2 aromatic rings. The highest BCUT2D eigenvalue weighted by Crippen LogP contribution is 2.44. The molecule has 1 aromatic heterocycles. The molecule has 0 spiro atoms. The minimum absolute atomic E-state index is 0.0407. The Balaban J connectivity index is 2.31. The summed E-state index contributed by atoms with van der Waals surface area (Å²) < 4.78 is 18.4. The van der Waals surface area contributed by atoms with Gasteiger partial charge in [0.2, 0.25) is 0 Å². The van der Waals surface area contributed by atoms with Crippen molar-refractivity contribution in [3.8, 4) is 11.5 Å². The second-order valence-corrected chi connectivity index (χ2v) is 16.8. The maximum absolute atomic E-state index is 12.9. The molecule has 0 atom stereocenters. The number of hydrogen-bond acceptors (Lipinski definition) is 6. The van der Waals surface area contributed by atoms with Crippen molar-refractivity contribution in [3.05, 3.63) is 22.6 Å². The number of benzene rings is 1. The minimum atomic E-state index is -2.08. The van der Waals surface area contributed by atoms with Crippen LogP contribution in [0, 0.1) is 0 Å². The number of esters is 1. The van der Waals surface area contributed by atoms with Gasteiger partial charge < -0.3 is 19.2 Å². The summed E-state index contributed by atoms with van der Waals surface area (Å²) in [4.78, 5) is 25.5. The molecule has 0 unspecified atom stereocenters. The molecule has 1 N–H and O–H groups in total. The van der Waals surface area contributed by atoms with Crippen LogP contribution >= 0.6 is 27.3 Å². The number of rotatable bonds is 8. The molecule has 33 heavy (non-hydrogen) atoms. The van der Waals surface area contributed by atoms with E-state index in [9.17, 15) is 9.59 Å². The number of nitrogens with one attached hydrogen (secondary N) is 1. The molecule has 184 valence electrons. The first-order valence-electron chi connectivity index (χ1n) is 11.0. The van der Waals surface area contributed by atoms with Gasteiger partial charge in [-0.15, -0.1) is 11.3 Å². The second kappa shape index (κ2) is 10.4. The SMILES string of the molecule is COc1cc2sc(C(=O)NCCC(=O)OC(C)(C)C)c(CBr)c2cc1O[Si](C)(C)C(C)(C)C. The number of thiophene rings is 1. The quantitative estimate of drug-likeness (QED) is 0.223. The van der Waals surface area contributed by atoms with E-state index >= 15 is 0 Å². The summed E-state index contributed by atoms with van der Waals surface area (Å²) in [5.41, 5.74) is 0.353. The molecule has 0 aliphatic rings. The fourth-order valence-electron chi connectivity index (χ4n) is 2.89. The Morgan fingerprint density at radius 3 is 2.24 bits per heavy atom. The molecular formula is C24H36BrNO5SSi. The first kappa shape index (κ1) is 27.7. The topological polar surface area (TPSA) is 73.9 Å². The first-order chi connectivity index (χ1) is 15.1. The van der Waals surface area contributed by atoms with Gasteiger partial charge in [-0.2, -0.15) is 0 Å². The van der Waals surface area contributed by atoms with Gasteiger partial charge in [0, 0.05) is 28.0 Å². The van der Waals surface area contributed by atoms with Gasteiger partial charge in [0.25, 0.3) is 14.2 Å². The van der Waals surface area contributed by atoms with Crippen LogP contribution in [0.3, 0.4) is 0 Å². The predicted molar refractivity (Wildman–Crippen MR) is 142 cm³/mol. The number of methoxy groups -OCH3 is 1. The highest BCUT2D eigenvalue weighted by molar-refractivity contribution is 9.08. The summed E-state index contributed by atoms with van der Waals surface area (Å²) >= 11 is 4.95. The van der Waals surface area contributed by atoms with Crippen LogP contribution in [0.5, 0.6) is 11.5 Å². The third kappa shape index (κ3) is 6.96. The second-order valence-electron chi connectivity index (χ2n) is 10.5. The fraction of sp³-hybridized carbons (Fsp3) is 0.583. The van der Waals surface area contributed by atoms with Gasteiger partial charge in [-0.25, -0.2) is 0 Å². The van der Waals surface area contributed by atoms with Crippen LogP contribution in [0.4, 0.5) is 0 Å². The Kier molecular flexibility index (Phi) is 8.68. The summed E-state index contributed by atoms with van der Waals surface area (Å²) in [5, 5.41) is 4.37. The summed E-state index contributed by atoms with van der Waals surface area (Å²) in [6, 6.07) is 3.92. The molecule has 1 amide bonds. The Labute approximate surface area is 210 Å². The summed E-state index contributed by atoms with van der Waals surface area (Å²) in [7, 11) is -0.452. The van der Waals surface area contributed by atoms with Crippen LogP contribution in [0.25, 0.3) is 10.1 Å². The summed E-state index contributed by atoms with van der Waals surface area (Å²) in [5.74, 6) is 0.817. The average molecular weight is 559 g/mol. The third-order valence-electron chi connectivity index (χ3n) is 5.62. The lowest BCUT2D eigenvalue weighted by Crippen LogP contribution is -2.43. The molecule has 0 aliphatic carbocycles. The number of carbonyl (C=O) groups is 2. The fourth-order valence-corrected chi connectivity index (χ4v) is 5.82. The monoisotopic (exact) mass is 557 g/mol.